The summed E-state index contributed by atoms with van der Waals surface area (Å²) in [6, 6.07) is 0.0170. The number of H-pyrrole nitrogens is 1. The van der Waals surface area contributed by atoms with E-state index >= 15 is 0 Å². The lowest BCUT2D eigenvalue weighted by Gasteiger charge is -2.27. The summed E-state index contributed by atoms with van der Waals surface area (Å²) < 4.78 is 11.1. The van der Waals surface area contributed by atoms with Gasteiger partial charge in [0.25, 0.3) is 0 Å². The predicted octanol–water partition coefficient (Wildman–Crippen LogP) is 0.183. The molecule has 4 heterocycles. The van der Waals surface area contributed by atoms with Crippen LogP contribution in [0.1, 0.15) is 35.2 Å². The number of nitrogens with one attached hydrogen (secondary N) is 2. The number of rotatable bonds is 2. The Morgan fingerprint density at radius 2 is 2.38 bits per heavy atom. The molecule has 2 aliphatic heterocycles. The first kappa shape index (κ1) is 12.9. The molecule has 2 atom stereocenters. The molecule has 2 aliphatic rings. The highest BCUT2D eigenvalue weighted by Crippen LogP contribution is 2.25. The second-order valence-corrected chi connectivity index (χ2v) is 5.58. The third kappa shape index (κ3) is 2.45. The van der Waals surface area contributed by atoms with Crippen molar-refractivity contribution in [3.63, 3.8) is 0 Å². The molecule has 2 aromatic heterocycles. The molecule has 0 aliphatic carbocycles. The first-order valence-electron chi connectivity index (χ1n) is 7.18. The van der Waals surface area contributed by atoms with Gasteiger partial charge < -0.3 is 19.1 Å². The Bertz CT molecular complexity index is 624. The van der Waals surface area contributed by atoms with E-state index in [-0.39, 0.29) is 12.1 Å². The van der Waals surface area contributed by atoms with Crippen molar-refractivity contribution in [1.29, 1.82) is 0 Å². The Hall–Kier alpha value is -1.77. The summed E-state index contributed by atoms with van der Waals surface area (Å²) in [5, 5.41) is 7.47. The molecule has 2 unspecified atom stereocenters. The lowest BCUT2D eigenvalue weighted by atomic mass is 10.1. The maximum Gasteiger partial charge on any atom is 0.244 e. The molecule has 21 heavy (non-hydrogen) atoms. The minimum absolute atomic E-state index is 0.0170. The minimum Gasteiger partial charge on any atom is -0.367 e. The van der Waals surface area contributed by atoms with E-state index in [9.17, 15) is 0 Å². The average Bonchev–Trinajstić information content (AvgIpc) is 3.15. The normalized spacial score (nSPS) is 26.7. The largest absolute Gasteiger partial charge is 0.367 e. The predicted molar refractivity (Wildman–Crippen MR) is 72.4 cm³/mol. The smallest absolute Gasteiger partial charge is 0.244 e. The molecule has 0 aromatic carbocycles. The van der Waals surface area contributed by atoms with Gasteiger partial charge in [0.2, 0.25) is 11.7 Å². The molecular formula is C13H18N6O2. The molecule has 112 valence electrons. The molecule has 4 rings (SSSR count). The minimum atomic E-state index is -0.106. The fraction of sp³-hybridized carbons (Fsp3) is 0.615. The molecule has 1 saturated heterocycles. The zero-order valence-corrected chi connectivity index (χ0v) is 11.9. The molecule has 2 aromatic rings. The van der Waals surface area contributed by atoms with Crippen LogP contribution in [-0.2, 0) is 17.7 Å². The second kappa shape index (κ2) is 5.21. The van der Waals surface area contributed by atoms with Gasteiger partial charge in [-0.25, -0.2) is 4.98 Å². The Kier molecular flexibility index (Phi) is 3.21. The third-order valence-electron chi connectivity index (χ3n) is 4.04. The van der Waals surface area contributed by atoms with E-state index in [0.29, 0.717) is 18.3 Å². The van der Waals surface area contributed by atoms with Crippen molar-refractivity contribution in [1.82, 2.24) is 30.3 Å². The Labute approximate surface area is 121 Å². The summed E-state index contributed by atoms with van der Waals surface area (Å²) in [5.74, 6) is 1.24. The summed E-state index contributed by atoms with van der Waals surface area (Å²) in [6.07, 6.45) is 2.37. The van der Waals surface area contributed by atoms with Crippen molar-refractivity contribution in [2.75, 3.05) is 26.7 Å². The van der Waals surface area contributed by atoms with Crippen LogP contribution in [0.4, 0.5) is 0 Å². The van der Waals surface area contributed by atoms with Crippen LogP contribution in [0.5, 0.6) is 0 Å². The molecule has 8 heteroatoms. The van der Waals surface area contributed by atoms with Crippen LogP contribution in [0.2, 0.25) is 0 Å². The van der Waals surface area contributed by atoms with Crippen molar-refractivity contribution in [2.24, 2.45) is 0 Å². The summed E-state index contributed by atoms with van der Waals surface area (Å²) in [5.41, 5.74) is 2.19. The van der Waals surface area contributed by atoms with Gasteiger partial charge in [0, 0.05) is 26.1 Å². The van der Waals surface area contributed by atoms with Crippen molar-refractivity contribution < 1.29 is 9.26 Å². The van der Waals surface area contributed by atoms with Crippen LogP contribution in [0, 0.1) is 0 Å². The molecule has 0 amide bonds. The molecule has 0 radical (unpaired) electrons. The van der Waals surface area contributed by atoms with E-state index in [1.807, 2.05) is 0 Å². The van der Waals surface area contributed by atoms with Gasteiger partial charge in [-0.05, 0) is 7.05 Å². The zero-order chi connectivity index (χ0) is 14.2. The Balaban J connectivity index is 1.50. The van der Waals surface area contributed by atoms with Crippen molar-refractivity contribution in [2.45, 2.75) is 25.1 Å². The van der Waals surface area contributed by atoms with E-state index in [4.69, 9.17) is 9.26 Å². The van der Waals surface area contributed by atoms with Crippen LogP contribution in [0.15, 0.2) is 10.9 Å². The monoisotopic (exact) mass is 290 g/mol. The Morgan fingerprint density at radius 1 is 1.43 bits per heavy atom. The summed E-state index contributed by atoms with van der Waals surface area (Å²) in [6.45, 7) is 3.16. The number of fused-ring (bicyclic) bond motifs is 1. The SMILES string of the molecule is CN1CCOC(c2noc(C3Cc4nc[nH]c4CN3)n2)C1. The quantitative estimate of drug-likeness (QED) is 0.815. The average molecular weight is 290 g/mol. The molecular weight excluding hydrogens is 272 g/mol. The van der Waals surface area contributed by atoms with Crippen molar-refractivity contribution in [3.05, 3.63) is 29.4 Å². The number of aromatic nitrogens is 4. The fourth-order valence-corrected chi connectivity index (χ4v) is 2.80. The highest BCUT2D eigenvalue weighted by Gasteiger charge is 2.29. The highest BCUT2D eigenvalue weighted by atomic mass is 16.5. The summed E-state index contributed by atoms with van der Waals surface area (Å²) in [7, 11) is 2.07. The summed E-state index contributed by atoms with van der Waals surface area (Å²) in [4.78, 5) is 14.2. The van der Waals surface area contributed by atoms with Crippen LogP contribution in [0.25, 0.3) is 0 Å². The van der Waals surface area contributed by atoms with E-state index in [0.717, 1.165) is 37.4 Å². The van der Waals surface area contributed by atoms with Crippen LogP contribution < -0.4 is 5.32 Å². The fourth-order valence-electron chi connectivity index (χ4n) is 2.80. The molecule has 8 nitrogen and oxygen atoms in total. The Morgan fingerprint density at radius 3 is 3.29 bits per heavy atom. The standard InChI is InChI=1S/C13H18N6O2/c1-19-2-3-20-11(6-19)12-17-13(21-18-12)9-4-8-10(5-14-9)16-7-15-8/h7,9,11,14H,2-6H2,1H3,(H,15,16). The zero-order valence-electron chi connectivity index (χ0n) is 11.9. The van der Waals surface area contributed by atoms with Gasteiger partial charge in [-0.15, -0.1) is 0 Å². The lowest BCUT2D eigenvalue weighted by molar-refractivity contribution is -0.0264. The van der Waals surface area contributed by atoms with E-state index in [1.54, 1.807) is 6.33 Å². The van der Waals surface area contributed by atoms with Crippen molar-refractivity contribution >= 4 is 0 Å². The van der Waals surface area contributed by atoms with Crippen molar-refractivity contribution in [3.8, 4) is 0 Å². The lowest BCUT2D eigenvalue weighted by Crippen LogP contribution is -2.35. The maximum absolute atomic E-state index is 5.71. The molecule has 1 fully saturated rings. The number of hydrogen-bond donors (Lipinski definition) is 2. The summed E-state index contributed by atoms with van der Waals surface area (Å²) >= 11 is 0. The molecule has 2 N–H and O–H groups in total. The topological polar surface area (TPSA) is 92.1 Å². The van der Waals surface area contributed by atoms with Gasteiger partial charge in [0.15, 0.2) is 0 Å². The number of morpholine rings is 1. The molecule has 0 spiro atoms. The highest BCUT2D eigenvalue weighted by molar-refractivity contribution is 5.17. The number of nitrogens with zero attached hydrogens (tertiary/aromatic N) is 4. The number of aromatic amines is 1. The van der Waals surface area contributed by atoms with Gasteiger partial charge in [0.05, 0.1) is 30.4 Å². The number of hydrogen-bond acceptors (Lipinski definition) is 7. The van der Waals surface area contributed by atoms with E-state index in [2.05, 4.69) is 37.4 Å². The maximum atomic E-state index is 5.71. The second-order valence-electron chi connectivity index (χ2n) is 5.58. The number of likely N-dealkylation sites (N-methyl/N-ethyl adjacent to an activating group) is 1. The van der Waals surface area contributed by atoms with Crippen LogP contribution >= 0.6 is 0 Å². The van der Waals surface area contributed by atoms with E-state index in [1.165, 1.54) is 0 Å². The number of imidazole rings is 1. The van der Waals surface area contributed by atoms with E-state index < -0.39 is 0 Å². The van der Waals surface area contributed by atoms with Gasteiger partial charge in [-0.2, -0.15) is 4.98 Å². The third-order valence-corrected chi connectivity index (χ3v) is 4.04. The van der Waals surface area contributed by atoms with Gasteiger partial charge >= 0.3 is 0 Å². The van der Waals surface area contributed by atoms with Crippen LogP contribution in [0.3, 0.4) is 0 Å². The number of ether oxygens (including phenoxy) is 1. The molecule has 0 saturated carbocycles. The van der Waals surface area contributed by atoms with Gasteiger partial charge in [-0.3, -0.25) is 5.32 Å². The first-order valence-corrected chi connectivity index (χ1v) is 7.18. The molecule has 0 bridgehead atoms. The van der Waals surface area contributed by atoms with Gasteiger partial charge in [-0.1, -0.05) is 5.16 Å². The van der Waals surface area contributed by atoms with Gasteiger partial charge in [0.1, 0.15) is 6.10 Å². The first-order chi connectivity index (χ1) is 10.3. The van der Waals surface area contributed by atoms with Crippen LogP contribution in [-0.4, -0.2) is 51.8 Å².